The monoisotopic (exact) mass is 227 g/mol. The first-order chi connectivity index (χ1) is 7.63. The summed E-state index contributed by atoms with van der Waals surface area (Å²) >= 11 is 0. The third-order valence-corrected chi connectivity index (χ3v) is 2.82. The number of hydrogen-bond acceptors (Lipinski definition) is 6. The number of nitrogens with zero attached hydrogens (tertiary/aromatic N) is 2. The van der Waals surface area contributed by atoms with Gasteiger partial charge in [0.15, 0.2) is 0 Å². The number of aromatic nitrogens is 2. The fourth-order valence-corrected chi connectivity index (χ4v) is 1.61. The molecule has 1 aromatic rings. The van der Waals surface area contributed by atoms with Crippen LogP contribution < -0.4 is 5.73 Å². The molecule has 6 heteroatoms. The van der Waals surface area contributed by atoms with Gasteiger partial charge in [-0.25, -0.2) is 0 Å². The van der Waals surface area contributed by atoms with E-state index in [4.69, 9.17) is 15.0 Å². The highest BCUT2D eigenvalue weighted by atomic mass is 16.5. The predicted octanol–water partition coefficient (Wildman–Crippen LogP) is 0.548. The minimum atomic E-state index is -0.713. The third kappa shape index (κ3) is 2.23. The summed E-state index contributed by atoms with van der Waals surface area (Å²) in [5.41, 5.74) is 5.70. The van der Waals surface area contributed by atoms with Crippen molar-refractivity contribution in [3.05, 3.63) is 11.7 Å². The van der Waals surface area contributed by atoms with Crippen LogP contribution in [0.3, 0.4) is 0 Å². The van der Waals surface area contributed by atoms with E-state index < -0.39 is 12.1 Å². The van der Waals surface area contributed by atoms with E-state index >= 15 is 0 Å². The molecular weight excluding hydrogens is 210 g/mol. The molecule has 3 N–H and O–H groups in total. The summed E-state index contributed by atoms with van der Waals surface area (Å²) in [6.45, 7) is 1.59. The van der Waals surface area contributed by atoms with Crippen LogP contribution in [0.15, 0.2) is 4.52 Å². The number of nitrogens with two attached hydrogens (primary N) is 1. The lowest BCUT2D eigenvalue weighted by Crippen LogP contribution is -2.23. The van der Waals surface area contributed by atoms with Crippen molar-refractivity contribution in [2.45, 2.75) is 38.0 Å². The van der Waals surface area contributed by atoms with Crippen molar-refractivity contribution in [3.63, 3.8) is 0 Å². The predicted molar refractivity (Wildman–Crippen MR) is 55.4 cm³/mol. The van der Waals surface area contributed by atoms with Crippen LogP contribution in [0.2, 0.25) is 0 Å². The highest BCUT2D eigenvalue weighted by Crippen LogP contribution is 2.42. The molecule has 1 saturated carbocycles. The van der Waals surface area contributed by atoms with Gasteiger partial charge in [0.2, 0.25) is 11.7 Å². The maximum absolute atomic E-state index is 9.32. The summed E-state index contributed by atoms with van der Waals surface area (Å²) < 4.78 is 10.3. The Morgan fingerprint density at radius 3 is 2.75 bits per heavy atom. The van der Waals surface area contributed by atoms with Gasteiger partial charge in [-0.1, -0.05) is 5.16 Å². The lowest BCUT2D eigenvalue weighted by molar-refractivity contribution is 0.0751. The van der Waals surface area contributed by atoms with Crippen LogP contribution in [-0.2, 0) is 4.74 Å². The number of methoxy groups -OCH3 is 1. The zero-order chi connectivity index (χ0) is 11.7. The van der Waals surface area contributed by atoms with Crippen molar-refractivity contribution in [1.29, 1.82) is 0 Å². The van der Waals surface area contributed by atoms with Crippen LogP contribution >= 0.6 is 0 Å². The first kappa shape index (κ1) is 11.5. The fraction of sp³-hybridized carbons (Fsp3) is 0.800. The second-order valence-electron chi connectivity index (χ2n) is 4.25. The molecule has 1 heterocycles. The summed E-state index contributed by atoms with van der Waals surface area (Å²) in [4.78, 5) is 4.18. The maximum atomic E-state index is 9.32. The molecule has 16 heavy (non-hydrogen) atoms. The highest BCUT2D eigenvalue weighted by molar-refractivity contribution is 5.00. The van der Waals surface area contributed by atoms with E-state index in [1.54, 1.807) is 14.0 Å². The standard InChI is InChI=1S/C10H17N3O3/c1-5(14)7(11)10-12-9(13-16-10)8(15-2)6-3-4-6/h5-8,14H,3-4,11H2,1-2H3/t5-,7+,8?/m1/s1. The average Bonchev–Trinajstić information content (AvgIpc) is 2.96. The molecular formula is C10H17N3O3. The Bertz CT molecular complexity index is 349. The molecule has 0 aromatic carbocycles. The number of hydrogen-bond donors (Lipinski definition) is 2. The van der Waals surface area contributed by atoms with Crippen LogP contribution in [-0.4, -0.2) is 28.5 Å². The molecule has 0 spiro atoms. The Morgan fingerprint density at radius 2 is 2.25 bits per heavy atom. The highest BCUT2D eigenvalue weighted by Gasteiger charge is 2.36. The third-order valence-electron chi connectivity index (χ3n) is 2.82. The number of aliphatic hydroxyl groups is 1. The zero-order valence-corrected chi connectivity index (χ0v) is 9.46. The first-order valence-electron chi connectivity index (χ1n) is 5.43. The molecule has 1 fully saturated rings. The molecule has 6 nitrogen and oxygen atoms in total. The van der Waals surface area contributed by atoms with Gasteiger partial charge in [-0.05, 0) is 25.7 Å². The van der Waals surface area contributed by atoms with E-state index in [0.29, 0.717) is 11.7 Å². The molecule has 0 bridgehead atoms. The van der Waals surface area contributed by atoms with Crippen molar-refractivity contribution in [2.75, 3.05) is 7.11 Å². The van der Waals surface area contributed by atoms with E-state index in [9.17, 15) is 5.11 Å². The van der Waals surface area contributed by atoms with Crippen LogP contribution in [0.25, 0.3) is 0 Å². The molecule has 2 rings (SSSR count). The lowest BCUT2D eigenvalue weighted by atomic mass is 10.2. The number of aliphatic hydroxyl groups excluding tert-OH is 1. The Hall–Kier alpha value is -0.980. The van der Waals surface area contributed by atoms with E-state index in [1.807, 2.05) is 0 Å². The SMILES string of the molecule is COC(c1noc([C@@H](N)[C@@H](C)O)n1)C1CC1. The van der Waals surface area contributed by atoms with Crippen molar-refractivity contribution in [2.24, 2.45) is 11.7 Å². The summed E-state index contributed by atoms with van der Waals surface area (Å²) in [7, 11) is 1.63. The molecule has 0 radical (unpaired) electrons. The Morgan fingerprint density at radius 1 is 1.56 bits per heavy atom. The van der Waals surface area contributed by atoms with Gasteiger partial charge in [-0.2, -0.15) is 4.98 Å². The number of ether oxygens (including phenoxy) is 1. The van der Waals surface area contributed by atoms with Crippen molar-refractivity contribution in [1.82, 2.24) is 10.1 Å². The van der Waals surface area contributed by atoms with E-state index in [2.05, 4.69) is 10.1 Å². The van der Waals surface area contributed by atoms with E-state index in [-0.39, 0.29) is 12.0 Å². The summed E-state index contributed by atoms with van der Waals surface area (Å²) in [6.07, 6.45) is 1.43. The average molecular weight is 227 g/mol. The largest absolute Gasteiger partial charge is 0.391 e. The lowest BCUT2D eigenvalue weighted by Gasteiger charge is -2.09. The second-order valence-corrected chi connectivity index (χ2v) is 4.25. The minimum Gasteiger partial charge on any atom is -0.391 e. The Labute approximate surface area is 93.8 Å². The molecule has 1 aliphatic carbocycles. The molecule has 0 saturated heterocycles. The van der Waals surface area contributed by atoms with Gasteiger partial charge in [-0.15, -0.1) is 0 Å². The Kier molecular flexibility index (Phi) is 3.22. The van der Waals surface area contributed by atoms with Gasteiger partial charge >= 0.3 is 0 Å². The van der Waals surface area contributed by atoms with Crippen molar-refractivity contribution >= 4 is 0 Å². The van der Waals surface area contributed by atoms with Gasteiger partial charge in [0.1, 0.15) is 12.1 Å². The van der Waals surface area contributed by atoms with Crippen LogP contribution in [0, 0.1) is 5.92 Å². The van der Waals surface area contributed by atoms with Crippen molar-refractivity contribution in [3.8, 4) is 0 Å². The fourth-order valence-electron chi connectivity index (χ4n) is 1.61. The van der Waals surface area contributed by atoms with Gasteiger partial charge < -0.3 is 20.1 Å². The van der Waals surface area contributed by atoms with Crippen LogP contribution in [0.5, 0.6) is 0 Å². The first-order valence-corrected chi connectivity index (χ1v) is 5.43. The van der Waals surface area contributed by atoms with E-state index in [1.165, 1.54) is 0 Å². The second kappa shape index (κ2) is 4.48. The molecule has 3 atom stereocenters. The van der Waals surface area contributed by atoms with Crippen LogP contribution in [0.1, 0.15) is 43.6 Å². The van der Waals surface area contributed by atoms with Gasteiger partial charge in [0.25, 0.3) is 0 Å². The maximum Gasteiger partial charge on any atom is 0.246 e. The quantitative estimate of drug-likeness (QED) is 0.762. The smallest absolute Gasteiger partial charge is 0.246 e. The topological polar surface area (TPSA) is 94.4 Å². The normalized spacial score (nSPS) is 21.8. The van der Waals surface area contributed by atoms with Gasteiger partial charge in [0.05, 0.1) is 6.10 Å². The van der Waals surface area contributed by atoms with Gasteiger partial charge in [-0.3, -0.25) is 0 Å². The molecule has 90 valence electrons. The van der Waals surface area contributed by atoms with Crippen LogP contribution in [0.4, 0.5) is 0 Å². The summed E-state index contributed by atoms with van der Waals surface area (Å²) in [6, 6.07) is -0.641. The van der Waals surface area contributed by atoms with Crippen molar-refractivity contribution < 1.29 is 14.4 Å². The zero-order valence-electron chi connectivity index (χ0n) is 9.46. The van der Waals surface area contributed by atoms with Gasteiger partial charge in [0, 0.05) is 7.11 Å². The molecule has 1 aliphatic rings. The molecule has 0 amide bonds. The Balaban J connectivity index is 2.11. The molecule has 1 unspecified atom stereocenters. The molecule has 1 aromatic heterocycles. The minimum absolute atomic E-state index is 0.112. The molecule has 0 aliphatic heterocycles. The summed E-state index contributed by atoms with van der Waals surface area (Å²) in [5.74, 6) is 1.27. The number of rotatable bonds is 5. The summed E-state index contributed by atoms with van der Waals surface area (Å²) in [5, 5.41) is 13.2. The van der Waals surface area contributed by atoms with E-state index in [0.717, 1.165) is 12.8 Å².